The molecule has 0 atom stereocenters. The van der Waals surface area contributed by atoms with Gasteiger partial charge in [-0.15, -0.1) is 0 Å². The van der Waals surface area contributed by atoms with E-state index in [1.165, 1.54) is 5.56 Å². The number of nitriles is 1. The van der Waals surface area contributed by atoms with Gasteiger partial charge in [-0.05, 0) is 28.5 Å². The second-order valence-electron chi connectivity index (χ2n) is 6.19. The fourth-order valence-corrected chi connectivity index (χ4v) is 3.44. The summed E-state index contributed by atoms with van der Waals surface area (Å²) in [5, 5.41) is 22.1. The van der Waals surface area contributed by atoms with Crippen LogP contribution in [0, 0.1) is 11.3 Å². The van der Waals surface area contributed by atoms with E-state index in [1.54, 1.807) is 6.21 Å². The van der Waals surface area contributed by atoms with Crippen LogP contribution in [-0.2, 0) is 4.43 Å². The maximum absolute atomic E-state index is 9.59. The third kappa shape index (κ3) is 3.75. The van der Waals surface area contributed by atoms with Crippen LogP contribution >= 0.6 is 22.6 Å². The number of hydrogen-bond acceptors (Lipinski definition) is 4. The highest BCUT2D eigenvalue weighted by atomic mass is 127. The van der Waals surface area contributed by atoms with E-state index in [0.717, 1.165) is 26.5 Å². The van der Waals surface area contributed by atoms with E-state index in [0.29, 0.717) is 17.2 Å². The van der Waals surface area contributed by atoms with Crippen LogP contribution in [-0.4, -0.2) is 16.4 Å². The van der Waals surface area contributed by atoms with Gasteiger partial charge in [-0.1, -0.05) is 77.2 Å². The highest BCUT2D eigenvalue weighted by Gasteiger charge is 2.12. The van der Waals surface area contributed by atoms with Crippen LogP contribution in [0.4, 0.5) is 17.3 Å². The minimum absolute atomic E-state index is 0.384. The van der Waals surface area contributed by atoms with Crippen molar-refractivity contribution in [1.29, 1.82) is 5.26 Å². The van der Waals surface area contributed by atoms with E-state index in [-0.39, 0.29) is 0 Å². The first-order valence-electron chi connectivity index (χ1n) is 8.70. The molecule has 2 N–H and O–H groups in total. The number of benzene rings is 3. The molecule has 0 aliphatic rings. The highest BCUT2D eigenvalue weighted by molar-refractivity contribution is 14.1. The number of rotatable bonds is 5. The number of hydrogen-bond donors (Lipinski definition) is 2. The van der Waals surface area contributed by atoms with Crippen LogP contribution in [0.5, 0.6) is 0 Å². The monoisotopic (exact) mass is 477 g/mol. The summed E-state index contributed by atoms with van der Waals surface area (Å²) < 4.78 is 0.955. The molecule has 0 saturated heterocycles. The van der Waals surface area contributed by atoms with Gasteiger partial charge in [-0.3, -0.25) is 5.10 Å². The molecule has 0 aliphatic heterocycles. The summed E-state index contributed by atoms with van der Waals surface area (Å²) >= 11 is 2.33. The molecule has 0 unspecified atom stereocenters. The van der Waals surface area contributed by atoms with Gasteiger partial charge in [-0.25, -0.2) is 4.99 Å². The van der Waals surface area contributed by atoms with Crippen molar-refractivity contribution in [2.24, 2.45) is 4.99 Å². The number of fused-ring (bicyclic) bond motifs is 1. The van der Waals surface area contributed by atoms with Crippen LogP contribution in [0.1, 0.15) is 16.7 Å². The topological polar surface area (TPSA) is 76.9 Å². The summed E-state index contributed by atoms with van der Waals surface area (Å²) in [6.07, 6.45) is 1.76. The van der Waals surface area contributed by atoms with Gasteiger partial charge in [0.05, 0.1) is 0 Å². The first kappa shape index (κ1) is 18.2. The molecular formula is C22H16IN5. The molecule has 0 fully saturated rings. The number of halogens is 1. The van der Waals surface area contributed by atoms with Gasteiger partial charge >= 0.3 is 0 Å². The molecule has 0 spiro atoms. The quantitative estimate of drug-likeness (QED) is 0.215. The Kier molecular flexibility index (Phi) is 5.35. The van der Waals surface area contributed by atoms with Crippen molar-refractivity contribution in [2.75, 3.05) is 5.32 Å². The third-order valence-corrected chi connectivity index (χ3v) is 5.27. The molecule has 5 nitrogen and oxygen atoms in total. The minimum atomic E-state index is 0.384. The lowest BCUT2D eigenvalue weighted by atomic mass is 10.1. The second-order valence-corrected chi connectivity index (χ2v) is 6.95. The number of nitrogens with zero attached hydrogens (tertiary/aromatic N) is 3. The fraction of sp³-hybridized carbons (Fsp3) is 0.0455. The largest absolute Gasteiger partial charge is 0.338 e. The predicted octanol–water partition coefficient (Wildman–Crippen LogP) is 5.86. The lowest BCUT2D eigenvalue weighted by Gasteiger charge is -2.04. The Morgan fingerprint density at radius 3 is 2.64 bits per heavy atom. The van der Waals surface area contributed by atoms with Crippen molar-refractivity contribution in [1.82, 2.24) is 10.2 Å². The maximum Gasteiger partial charge on any atom is 0.172 e. The molecule has 0 saturated carbocycles. The number of anilines is 2. The van der Waals surface area contributed by atoms with Crippen LogP contribution in [0.25, 0.3) is 10.8 Å². The van der Waals surface area contributed by atoms with E-state index in [2.05, 4.69) is 67.4 Å². The summed E-state index contributed by atoms with van der Waals surface area (Å²) in [6, 6.07) is 24.4. The van der Waals surface area contributed by atoms with Crippen LogP contribution in [0.15, 0.2) is 71.7 Å². The first-order chi connectivity index (χ1) is 13.8. The van der Waals surface area contributed by atoms with E-state index < -0.39 is 0 Å². The van der Waals surface area contributed by atoms with Crippen molar-refractivity contribution in [3.8, 4) is 6.07 Å². The Morgan fingerprint density at radius 1 is 1.07 bits per heavy atom. The molecule has 0 amide bonds. The van der Waals surface area contributed by atoms with Crippen molar-refractivity contribution >= 4 is 56.9 Å². The molecule has 0 radical (unpaired) electrons. The fourth-order valence-electron chi connectivity index (χ4n) is 2.93. The zero-order valence-corrected chi connectivity index (χ0v) is 17.0. The Bertz CT molecular complexity index is 1180. The number of aromatic nitrogens is 2. The van der Waals surface area contributed by atoms with E-state index in [1.807, 2.05) is 48.5 Å². The Labute approximate surface area is 176 Å². The molecule has 4 rings (SSSR count). The minimum Gasteiger partial charge on any atom is -0.338 e. The second kappa shape index (κ2) is 8.23. The molecule has 6 heteroatoms. The number of H-pyrrole nitrogens is 1. The molecule has 4 aromatic rings. The van der Waals surface area contributed by atoms with Crippen LogP contribution in [0.2, 0.25) is 0 Å². The molecule has 1 aromatic heterocycles. The Morgan fingerprint density at radius 2 is 1.86 bits per heavy atom. The molecule has 1 heterocycles. The third-order valence-electron chi connectivity index (χ3n) is 4.39. The lowest BCUT2D eigenvalue weighted by molar-refractivity contribution is 1.09. The lowest BCUT2D eigenvalue weighted by Crippen LogP contribution is -1.93. The predicted molar refractivity (Wildman–Crippen MR) is 122 cm³/mol. The molecular weight excluding hydrogens is 461 g/mol. The van der Waals surface area contributed by atoms with Gasteiger partial charge in [0, 0.05) is 21.9 Å². The van der Waals surface area contributed by atoms with Crippen LogP contribution < -0.4 is 5.32 Å². The van der Waals surface area contributed by atoms with Gasteiger partial charge in [0.1, 0.15) is 11.6 Å². The normalized spacial score (nSPS) is 11.0. The van der Waals surface area contributed by atoms with Crippen molar-refractivity contribution in [3.05, 3.63) is 83.4 Å². The average Bonchev–Trinajstić information content (AvgIpc) is 3.14. The summed E-state index contributed by atoms with van der Waals surface area (Å²) in [7, 11) is 0. The molecule has 0 bridgehead atoms. The summed E-state index contributed by atoms with van der Waals surface area (Å²) in [6.45, 7) is 0. The SMILES string of the molecule is N#Cc1c(Nc2ccc(CI)cc2)n[nH]c1/N=C/c1cccc2ccccc12. The molecule has 136 valence electrons. The average molecular weight is 477 g/mol. The van der Waals surface area contributed by atoms with Gasteiger partial charge in [0.15, 0.2) is 11.6 Å². The number of nitrogens with one attached hydrogen (secondary N) is 2. The van der Waals surface area contributed by atoms with E-state index in [9.17, 15) is 5.26 Å². The van der Waals surface area contributed by atoms with E-state index >= 15 is 0 Å². The van der Waals surface area contributed by atoms with Crippen molar-refractivity contribution in [2.45, 2.75) is 4.43 Å². The maximum atomic E-state index is 9.59. The highest BCUT2D eigenvalue weighted by Crippen LogP contribution is 2.26. The molecule has 28 heavy (non-hydrogen) atoms. The summed E-state index contributed by atoms with van der Waals surface area (Å²) in [5.41, 5.74) is 3.49. The Balaban J connectivity index is 1.62. The van der Waals surface area contributed by atoms with Crippen molar-refractivity contribution in [3.63, 3.8) is 0 Å². The van der Waals surface area contributed by atoms with Gasteiger partial charge in [0.25, 0.3) is 0 Å². The van der Waals surface area contributed by atoms with Crippen LogP contribution in [0.3, 0.4) is 0 Å². The van der Waals surface area contributed by atoms with Gasteiger partial charge < -0.3 is 5.32 Å². The number of aliphatic imine (C=N–C) groups is 1. The summed E-state index contributed by atoms with van der Waals surface area (Å²) in [5.74, 6) is 0.900. The zero-order valence-electron chi connectivity index (χ0n) is 14.9. The smallest absolute Gasteiger partial charge is 0.172 e. The van der Waals surface area contributed by atoms with Crippen molar-refractivity contribution < 1.29 is 0 Å². The van der Waals surface area contributed by atoms with E-state index in [4.69, 9.17) is 0 Å². The zero-order chi connectivity index (χ0) is 19.3. The van der Waals surface area contributed by atoms with Gasteiger partial charge in [0.2, 0.25) is 0 Å². The summed E-state index contributed by atoms with van der Waals surface area (Å²) in [4.78, 5) is 4.48. The number of alkyl halides is 1. The first-order valence-corrected chi connectivity index (χ1v) is 10.2. The van der Waals surface area contributed by atoms with Gasteiger partial charge in [-0.2, -0.15) is 10.4 Å². The number of aromatic amines is 1. The molecule has 0 aliphatic carbocycles. The molecule has 3 aromatic carbocycles. The standard InChI is InChI=1S/C22H16IN5/c23-12-15-8-10-18(11-9-15)26-22-20(13-24)21(27-28-22)25-14-17-6-3-5-16-4-1-2-7-19(16)17/h1-11,14H,12H2,(H2,26,27,28)/b25-14+. The Hall–Kier alpha value is -3.18.